The van der Waals surface area contributed by atoms with Crippen LogP contribution in [0.1, 0.15) is 17.0 Å². The van der Waals surface area contributed by atoms with Crippen LogP contribution in [0.4, 0.5) is 0 Å². The van der Waals surface area contributed by atoms with Crippen molar-refractivity contribution < 1.29 is 9.32 Å². The standard InChI is InChI=1S/C11H15ClN2O2S/c1-7(12)4-13-11(15)6-17-5-10-8(2)14-16-9(10)3/h1,4-6H2,2-3H3,(H,13,15). The van der Waals surface area contributed by atoms with E-state index in [9.17, 15) is 4.79 Å². The molecule has 0 atom stereocenters. The zero-order chi connectivity index (χ0) is 12.8. The van der Waals surface area contributed by atoms with Crippen LogP contribution in [-0.4, -0.2) is 23.4 Å². The molecule has 1 amide bonds. The summed E-state index contributed by atoms with van der Waals surface area (Å²) < 4.78 is 5.04. The third-order valence-corrected chi connectivity index (χ3v) is 3.23. The molecule has 0 saturated heterocycles. The zero-order valence-corrected chi connectivity index (χ0v) is 11.5. The normalized spacial score (nSPS) is 10.3. The third kappa shape index (κ3) is 4.83. The number of thioether (sulfide) groups is 1. The van der Waals surface area contributed by atoms with Crippen molar-refractivity contribution in [3.63, 3.8) is 0 Å². The van der Waals surface area contributed by atoms with Gasteiger partial charge in [-0.05, 0) is 13.8 Å². The second-order valence-electron chi connectivity index (χ2n) is 3.59. The van der Waals surface area contributed by atoms with E-state index in [4.69, 9.17) is 16.1 Å². The molecule has 0 unspecified atom stereocenters. The lowest BCUT2D eigenvalue weighted by atomic mass is 10.2. The minimum Gasteiger partial charge on any atom is -0.361 e. The Balaban J connectivity index is 2.28. The van der Waals surface area contributed by atoms with Gasteiger partial charge in [-0.2, -0.15) is 0 Å². The smallest absolute Gasteiger partial charge is 0.230 e. The van der Waals surface area contributed by atoms with Crippen molar-refractivity contribution in [1.29, 1.82) is 0 Å². The Labute approximate surface area is 110 Å². The van der Waals surface area contributed by atoms with Gasteiger partial charge in [0.25, 0.3) is 0 Å². The van der Waals surface area contributed by atoms with Gasteiger partial charge in [0.2, 0.25) is 5.91 Å². The number of nitrogens with one attached hydrogen (secondary N) is 1. The van der Waals surface area contributed by atoms with Gasteiger partial charge < -0.3 is 9.84 Å². The fourth-order valence-electron chi connectivity index (χ4n) is 1.20. The Kier molecular flexibility index (Phi) is 5.58. The monoisotopic (exact) mass is 274 g/mol. The Hall–Kier alpha value is -0.940. The number of rotatable bonds is 6. The van der Waals surface area contributed by atoms with Crippen LogP contribution in [0.2, 0.25) is 0 Å². The van der Waals surface area contributed by atoms with Gasteiger partial charge in [0.05, 0.1) is 18.0 Å². The second kappa shape index (κ2) is 6.71. The van der Waals surface area contributed by atoms with Gasteiger partial charge in [0.15, 0.2) is 0 Å². The molecule has 17 heavy (non-hydrogen) atoms. The number of nitrogens with zero attached hydrogens (tertiary/aromatic N) is 1. The summed E-state index contributed by atoms with van der Waals surface area (Å²) in [6.07, 6.45) is 0. The number of amides is 1. The van der Waals surface area contributed by atoms with Crippen molar-refractivity contribution in [2.45, 2.75) is 19.6 Å². The minimum atomic E-state index is -0.0523. The lowest BCUT2D eigenvalue weighted by molar-refractivity contribution is -0.118. The summed E-state index contributed by atoms with van der Waals surface area (Å²) in [5, 5.41) is 6.94. The molecule has 1 rings (SSSR count). The van der Waals surface area contributed by atoms with E-state index in [0.29, 0.717) is 17.3 Å². The molecule has 0 aromatic carbocycles. The molecule has 0 aliphatic carbocycles. The number of aryl methyl sites for hydroxylation is 2. The Bertz CT molecular complexity index is 398. The van der Waals surface area contributed by atoms with Crippen molar-refractivity contribution in [3.8, 4) is 0 Å². The summed E-state index contributed by atoms with van der Waals surface area (Å²) in [5.41, 5.74) is 1.94. The van der Waals surface area contributed by atoms with Gasteiger partial charge in [-0.15, -0.1) is 11.8 Å². The number of hydrogen-bond donors (Lipinski definition) is 1. The molecule has 0 fully saturated rings. The van der Waals surface area contributed by atoms with Gasteiger partial charge in [-0.3, -0.25) is 4.79 Å². The minimum absolute atomic E-state index is 0.0523. The highest BCUT2D eigenvalue weighted by Gasteiger charge is 2.09. The van der Waals surface area contributed by atoms with Crippen LogP contribution in [0.25, 0.3) is 0 Å². The molecule has 0 aliphatic rings. The lowest BCUT2D eigenvalue weighted by Crippen LogP contribution is -2.26. The average molecular weight is 275 g/mol. The van der Waals surface area contributed by atoms with Crippen LogP contribution in [0.3, 0.4) is 0 Å². The second-order valence-corrected chi connectivity index (χ2v) is 5.11. The Morgan fingerprint density at radius 3 is 2.82 bits per heavy atom. The zero-order valence-electron chi connectivity index (χ0n) is 9.88. The molecule has 0 radical (unpaired) electrons. The summed E-state index contributed by atoms with van der Waals surface area (Å²) in [6, 6.07) is 0. The van der Waals surface area contributed by atoms with Crippen LogP contribution in [0.5, 0.6) is 0 Å². The number of carbonyl (C=O) groups excluding carboxylic acids is 1. The summed E-state index contributed by atoms with van der Waals surface area (Å²) in [4.78, 5) is 11.4. The van der Waals surface area contributed by atoms with E-state index >= 15 is 0 Å². The van der Waals surface area contributed by atoms with Crippen LogP contribution in [0, 0.1) is 13.8 Å². The molecule has 0 saturated carbocycles. The van der Waals surface area contributed by atoms with E-state index in [-0.39, 0.29) is 5.91 Å². The van der Waals surface area contributed by atoms with Crippen LogP contribution >= 0.6 is 23.4 Å². The van der Waals surface area contributed by atoms with Gasteiger partial charge in [-0.25, -0.2) is 0 Å². The summed E-state index contributed by atoms with van der Waals surface area (Å²) in [7, 11) is 0. The van der Waals surface area contributed by atoms with Crippen LogP contribution in [-0.2, 0) is 10.5 Å². The summed E-state index contributed by atoms with van der Waals surface area (Å²) >= 11 is 7.06. The highest BCUT2D eigenvalue weighted by atomic mass is 35.5. The van der Waals surface area contributed by atoms with Gasteiger partial charge in [0, 0.05) is 16.3 Å². The fraction of sp³-hybridized carbons (Fsp3) is 0.455. The van der Waals surface area contributed by atoms with Gasteiger partial charge in [-0.1, -0.05) is 23.3 Å². The quantitative estimate of drug-likeness (QED) is 0.865. The highest BCUT2D eigenvalue weighted by Crippen LogP contribution is 2.19. The first-order chi connectivity index (χ1) is 8.00. The van der Waals surface area contributed by atoms with Crippen LogP contribution in [0.15, 0.2) is 16.1 Å². The van der Waals surface area contributed by atoms with Crippen molar-refractivity contribution in [2.24, 2.45) is 0 Å². The lowest BCUT2D eigenvalue weighted by Gasteiger charge is -2.03. The molecular formula is C11H15ClN2O2S. The molecule has 94 valence electrons. The third-order valence-electron chi connectivity index (χ3n) is 2.14. The highest BCUT2D eigenvalue weighted by molar-refractivity contribution is 7.99. The predicted molar refractivity (Wildman–Crippen MR) is 70.1 cm³/mol. The average Bonchev–Trinajstić information content (AvgIpc) is 2.57. The van der Waals surface area contributed by atoms with E-state index in [1.54, 1.807) is 0 Å². The molecule has 6 heteroatoms. The molecule has 0 bridgehead atoms. The number of halogens is 1. The van der Waals surface area contributed by atoms with E-state index in [0.717, 1.165) is 22.8 Å². The molecule has 0 spiro atoms. The van der Waals surface area contributed by atoms with E-state index in [2.05, 4.69) is 17.1 Å². The van der Waals surface area contributed by atoms with Crippen LogP contribution < -0.4 is 5.32 Å². The Morgan fingerprint density at radius 2 is 2.29 bits per heavy atom. The first-order valence-corrected chi connectivity index (χ1v) is 6.63. The van der Waals surface area contributed by atoms with Crippen molar-refractivity contribution in [3.05, 3.63) is 28.6 Å². The first kappa shape index (κ1) is 14.1. The molecule has 4 nitrogen and oxygen atoms in total. The van der Waals surface area contributed by atoms with Crippen molar-refractivity contribution in [2.75, 3.05) is 12.3 Å². The molecule has 1 aromatic rings. The Morgan fingerprint density at radius 1 is 1.59 bits per heavy atom. The largest absolute Gasteiger partial charge is 0.361 e. The van der Waals surface area contributed by atoms with E-state index in [1.165, 1.54) is 11.8 Å². The van der Waals surface area contributed by atoms with E-state index < -0.39 is 0 Å². The number of carbonyl (C=O) groups is 1. The van der Waals surface area contributed by atoms with Gasteiger partial charge in [0.1, 0.15) is 5.76 Å². The maximum atomic E-state index is 11.4. The maximum Gasteiger partial charge on any atom is 0.230 e. The van der Waals surface area contributed by atoms with Gasteiger partial charge >= 0.3 is 0 Å². The molecule has 0 aliphatic heterocycles. The topological polar surface area (TPSA) is 55.1 Å². The number of aromatic nitrogens is 1. The molecular weight excluding hydrogens is 260 g/mol. The maximum absolute atomic E-state index is 11.4. The van der Waals surface area contributed by atoms with Crippen molar-refractivity contribution >= 4 is 29.3 Å². The molecule has 1 N–H and O–H groups in total. The fourth-order valence-corrected chi connectivity index (χ4v) is 2.27. The predicted octanol–water partition coefficient (Wildman–Crippen LogP) is 2.39. The van der Waals surface area contributed by atoms with E-state index in [1.807, 2.05) is 13.8 Å². The van der Waals surface area contributed by atoms with Crippen molar-refractivity contribution in [1.82, 2.24) is 10.5 Å². The number of hydrogen-bond acceptors (Lipinski definition) is 4. The summed E-state index contributed by atoms with van der Waals surface area (Å²) in [5.74, 6) is 1.86. The summed E-state index contributed by atoms with van der Waals surface area (Å²) in [6.45, 7) is 7.57. The SMILES string of the molecule is C=C(Cl)CNC(=O)CSCc1c(C)noc1C. The molecule has 1 heterocycles. The first-order valence-electron chi connectivity index (χ1n) is 5.10. The molecule has 1 aromatic heterocycles.